The van der Waals surface area contributed by atoms with Crippen LogP contribution in [0.4, 0.5) is 10.1 Å². The fourth-order valence-corrected chi connectivity index (χ4v) is 1.89. The van der Waals surface area contributed by atoms with Gasteiger partial charge in [0.2, 0.25) is 0 Å². The van der Waals surface area contributed by atoms with Gasteiger partial charge in [-0.05, 0) is 36.4 Å². The van der Waals surface area contributed by atoms with E-state index in [0.29, 0.717) is 27.6 Å². The number of carbonyl (C=O) groups excluding carboxylic acids is 1. The average molecular weight is 310 g/mol. The second-order valence-corrected chi connectivity index (χ2v) is 4.68. The van der Waals surface area contributed by atoms with Crippen molar-refractivity contribution in [1.82, 2.24) is 0 Å². The summed E-state index contributed by atoms with van der Waals surface area (Å²) in [7, 11) is 1.28. The summed E-state index contributed by atoms with van der Waals surface area (Å²) >= 11 is 5.95. The molecule has 0 radical (unpaired) electrons. The third-order valence-corrected chi connectivity index (χ3v) is 3.19. The zero-order chi connectivity index (χ0) is 15.4. The first-order valence-electron chi connectivity index (χ1n) is 6.06. The van der Waals surface area contributed by atoms with Crippen LogP contribution in [0.5, 0.6) is 5.75 Å². The number of anilines is 1. The van der Waals surface area contributed by atoms with Crippen LogP contribution in [0.15, 0.2) is 36.4 Å². The van der Waals surface area contributed by atoms with Gasteiger partial charge in [0.25, 0.3) is 0 Å². The lowest BCUT2D eigenvalue weighted by Crippen LogP contribution is -2.04. The van der Waals surface area contributed by atoms with Crippen LogP contribution in [-0.2, 0) is 11.3 Å². The van der Waals surface area contributed by atoms with Crippen LogP contribution in [0.25, 0.3) is 0 Å². The van der Waals surface area contributed by atoms with E-state index in [4.69, 9.17) is 22.1 Å². The molecule has 110 valence electrons. The van der Waals surface area contributed by atoms with Gasteiger partial charge in [0.1, 0.15) is 18.2 Å². The Bertz CT molecular complexity index is 676. The summed E-state index contributed by atoms with van der Waals surface area (Å²) in [5.74, 6) is -0.601. The van der Waals surface area contributed by atoms with E-state index in [1.807, 2.05) is 0 Å². The number of halogens is 2. The molecule has 4 nitrogen and oxygen atoms in total. The zero-order valence-corrected chi connectivity index (χ0v) is 12.0. The van der Waals surface area contributed by atoms with Gasteiger partial charge in [0.15, 0.2) is 0 Å². The van der Waals surface area contributed by atoms with Crippen molar-refractivity contribution >= 4 is 23.3 Å². The summed E-state index contributed by atoms with van der Waals surface area (Å²) in [6.45, 7) is 0.0332. The van der Waals surface area contributed by atoms with E-state index in [1.54, 1.807) is 0 Å². The number of rotatable bonds is 4. The fraction of sp³-hybridized carbons (Fsp3) is 0.133. The first kappa shape index (κ1) is 15.1. The fourth-order valence-electron chi connectivity index (χ4n) is 1.71. The summed E-state index contributed by atoms with van der Waals surface area (Å²) in [4.78, 5) is 11.5. The van der Waals surface area contributed by atoms with Crippen LogP contribution in [0.1, 0.15) is 15.9 Å². The van der Waals surface area contributed by atoms with E-state index in [2.05, 4.69) is 4.74 Å². The standard InChI is InChI=1S/C15H13ClFNO3/c1-20-15(19)9-2-5-13(18)14(7-9)21-8-10-6-11(17)3-4-12(10)16/h2-7H,8,18H2,1H3. The number of carbonyl (C=O) groups is 1. The number of ether oxygens (including phenoxy) is 2. The van der Waals surface area contributed by atoms with Gasteiger partial charge >= 0.3 is 5.97 Å². The average Bonchev–Trinajstić information content (AvgIpc) is 2.48. The molecule has 6 heteroatoms. The lowest BCUT2D eigenvalue weighted by molar-refractivity contribution is 0.0600. The molecule has 0 atom stereocenters. The van der Waals surface area contributed by atoms with Crippen molar-refractivity contribution in [2.75, 3.05) is 12.8 Å². The van der Waals surface area contributed by atoms with Crippen molar-refractivity contribution < 1.29 is 18.7 Å². The van der Waals surface area contributed by atoms with Gasteiger partial charge in [-0.2, -0.15) is 0 Å². The summed E-state index contributed by atoms with van der Waals surface area (Å²) in [6.07, 6.45) is 0. The highest BCUT2D eigenvalue weighted by Gasteiger charge is 2.10. The van der Waals surface area contributed by atoms with Crippen LogP contribution in [0.2, 0.25) is 5.02 Å². The first-order chi connectivity index (χ1) is 10.0. The smallest absolute Gasteiger partial charge is 0.337 e. The van der Waals surface area contributed by atoms with Crippen molar-refractivity contribution in [3.05, 3.63) is 58.4 Å². The number of benzene rings is 2. The van der Waals surface area contributed by atoms with Gasteiger partial charge in [-0.3, -0.25) is 0 Å². The number of nitrogens with two attached hydrogens (primary N) is 1. The lowest BCUT2D eigenvalue weighted by atomic mass is 10.2. The molecule has 0 saturated carbocycles. The molecule has 0 aromatic heterocycles. The summed E-state index contributed by atoms with van der Waals surface area (Å²) < 4.78 is 23.3. The molecular formula is C15H13ClFNO3. The van der Waals surface area contributed by atoms with E-state index in [1.165, 1.54) is 43.5 Å². The maximum absolute atomic E-state index is 13.2. The molecule has 2 aromatic carbocycles. The van der Waals surface area contributed by atoms with E-state index < -0.39 is 11.8 Å². The second kappa shape index (κ2) is 6.45. The number of methoxy groups -OCH3 is 1. The zero-order valence-electron chi connectivity index (χ0n) is 11.2. The van der Waals surface area contributed by atoms with E-state index in [-0.39, 0.29) is 6.61 Å². The Labute approximate surface area is 126 Å². The van der Waals surface area contributed by atoms with Crippen LogP contribution < -0.4 is 10.5 Å². The molecule has 0 heterocycles. The highest BCUT2D eigenvalue weighted by Crippen LogP contribution is 2.26. The second-order valence-electron chi connectivity index (χ2n) is 4.27. The Morgan fingerprint density at radius 1 is 1.29 bits per heavy atom. The third kappa shape index (κ3) is 3.64. The van der Waals surface area contributed by atoms with E-state index in [0.717, 1.165) is 0 Å². The van der Waals surface area contributed by atoms with Crippen molar-refractivity contribution in [3.63, 3.8) is 0 Å². The highest BCUT2D eigenvalue weighted by molar-refractivity contribution is 6.31. The first-order valence-corrected chi connectivity index (χ1v) is 6.43. The molecule has 2 aromatic rings. The van der Waals surface area contributed by atoms with Gasteiger partial charge in [-0.1, -0.05) is 11.6 Å². The van der Waals surface area contributed by atoms with Gasteiger partial charge in [0, 0.05) is 10.6 Å². The van der Waals surface area contributed by atoms with Crippen LogP contribution >= 0.6 is 11.6 Å². The van der Waals surface area contributed by atoms with Crippen molar-refractivity contribution in [1.29, 1.82) is 0 Å². The summed E-state index contributed by atoms with van der Waals surface area (Å²) in [6, 6.07) is 8.52. The largest absolute Gasteiger partial charge is 0.487 e. The van der Waals surface area contributed by atoms with Crippen molar-refractivity contribution in [2.24, 2.45) is 0 Å². The Morgan fingerprint density at radius 3 is 2.76 bits per heavy atom. The number of esters is 1. The molecule has 0 bridgehead atoms. The number of hydrogen-bond acceptors (Lipinski definition) is 4. The molecular weight excluding hydrogens is 297 g/mol. The summed E-state index contributed by atoms with van der Waals surface area (Å²) in [5.41, 5.74) is 6.93. The Morgan fingerprint density at radius 2 is 2.05 bits per heavy atom. The lowest BCUT2D eigenvalue weighted by Gasteiger charge is -2.11. The number of hydrogen-bond donors (Lipinski definition) is 1. The van der Waals surface area contributed by atoms with E-state index >= 15 is 0 Å². The van der Waals surface area contributed by atoms with Crippen LogP contribution in [0, 0.1) is 5.82 Å². The molecule has 2 rings (SSSR count). The third-order valence-electron chi connectivity index (χ3n) is 2.83. The molecule has 0 fully saturated rings. The molecule has 0 unspecified atom stereocenters. The van der Waals surface area contributed by atoms with Gasteiger partial charge in [-0.25, -0.2) is 9.18 Å². The highest BCUT2D eigenvalue weighted by atomic mass is 35.5. The van der Waals surface area contributed by atoms with Crippen LogP contribution in [-0.4, -0.2) is 13.1 Å². The monoisotopic (exact) mass is 309 g/mol. The maximum atomic E-state index is 13.2. The predicted octanol–water partition coefficient (Wildman–Crippen LogP) is 3.43. The molecule has 0 amide bonds. The van der Waals surface area contributed by atoms with Gasteiger partial charge in [-0.15, -0.1) is 0 Å². The molecule has 2 N–H and O–H groups in total. The Kier molecular flexibility index (Phi) is 4.65. The van der Waals surface area contributed by atoms with E-state index in [9.17, 15) is 9.18 Å². The van der Waals surface area contributed by atoms with Crippen molar-refractivity contribution in [2.45, 2.75) is 6.61 Å². The molecule has 0 saturated heterocycles. The Balaban J connectivity index is 2.19. The molecule has 0 aliphatic rings. The normalized spacial score (nSPS) is 10.2. The minimum absolute atomic E-state index is 0.0332. The summed E-state index contributed by atoms with van der Waals surface area (Å²) in [5, 5.41) is 0.388. The predicted molar refractivity (Wildman–Crippen MR) is 77.9 cm³/mol. The minimum atomic E-state index is -0.497. The topological polar surface area (TPSA) is 61.5 Å². The Hall–Kier alpha value is -2.27. The van der Waals surface area contributed by atoms with Gasteiger partial charge in [0.05, 0.1) is 18.4 Å². The quantitative estimate of drug-likeness (QED) is 0.694. The van der Waals surface area contributed by atoms with Crippen molar-refractivity contribution in [3.8, 4) is 5.75 Å². The number of nitrogen functional groups attached to an aromatic ring is 1. The molecule has 0 spiro atoms. The molecule has 0 aliphatic heterocycles. The molecule has 0 aliphatic carbocycles. The SMILES string of the molecule is COC(=O)c1ccc(N)c(OCc2cc(F)ccc2Cl)c1. The minimum Gasteiger partial charge on any atom is -0.487 e. The van der Waals surface area contributed by atoms with Crippen LogP contribution in [0.3, 0.4) is 0 Å². The maximum Gasteiger partial charge on any atom is 0.337 e. The van der Waals surface area contributed by atoms with Gasteiger partial charge < -0.3 is 15.2 Å². The molecule has 21 heavy (non-hydrogen) atoms.